The number of aromatic nitrogens is 1. The van der Waals surface area contributed by atoms with Crippen molar-refractivity contribution in [3.63, 3.8) is 0 Å². The number of nitrogens with zero attached hydrogens (tertiary/aromatic N) is 1. The fourth-order valence-electron chi connectivity index (χ4n) is 3.96. The van der Waals surface area contributed by atoms with Crippen LogP contribution in [0.4, 0.5) is 10.8 Å². The molecule has 0 bridgehead atoms. The number of carboxylic acids is 1. The van der Waals surface area contributed by atoms with E-state index in [1.165, 1.54) is 44.9 Å². The predicted molar refractivity (Wildman–Crippen MR) is 145 cm³/mol. The first kappa shape index (κ1) is 23.5. The first-order valence-electron chi connectivity index (χ1n) is 9.50. The van der Waals surface area contributed by atoms with Gasteiger partial charge in [0.1, 0.15) is 4.88 Å². The minimum Gasteiger partial charge on any atom is -0.477 e. The van der Waals surface area contributed by atoms with E-state index in [4.69, 9.17) is 4.98 Å². The van der Waals surface area contributed by atoms with Gasteiger partial charge in [0.2, 0.25) is 0 Å². The van der Waals surface area contributed by atoms with E-state index in [-0.39, 0.29) is 17.0 Å². The smallest absolute Gasteiger partial charge is 0.346 e. The molecule has 2 aromatic heterocycles. The first-order chi connectivity index (χ1) is 14.9. The standard InChI is InChI=1S/C23H17BrN2O2S3.BrH/c1-11-19(22(29-2)31-20(11)21(27)28)18-10-30-23(26-18)25-15-4-6-17-13(9-15)7-12-8-14(24)3-5-16(12)17;/h3-6,8-10H,7H2,1-2H3,(H,25,26)(H,27,28);1H. The number of carboxylic acid groups (broad SMARTS) is 1. The highest BCUT2D eigenvalue weighted by Crippen LogP contribution is 2.43. The molecule has 4 nitrogen and oxygen atoms in total. The fourth-order valence-corrected chi connectivity index (χ4v) is 7.02. The Morgan fingerprint density at radius 3 is 2.62 bits per heavy atom. The first-order valence-corrected chi connectivity index (χ1v) is 13.2. The highest BCUT2D eigenvalue weighted by molar-refractivity contribution is 9.10. The van der Waals surface area contributed by atoms with Crippen LogP contribution < -0.4 is 5.32 Å². The van der Waals surface area contributed by atoms with Crippen molar-refractivity contribution in [3.8, 4) is 22.4 Å². The minimum atomic E-state index is -0.885. The molecule has 5 rings (SSSR count). The Labute approximate surface area is 217 Å². The van der Waals surface area contributed by atoms with E-state index >= 15 is 0 Å². The van der Waals surface area contributed by atoms with Crippen molar-refractivity contribution in [1.82, 2.24) is 4.98 Å². The van der Waals surface area contributed by atoms with Gasteiger partial charge in [0.15, 0.2) is 5.13 Å². The lowest BCUT2D eigenvalue weighted by atomic mass is 10.1. The molecule has 0 unspecified atom stereocenters. The number of benzene rings is 2. The second-order valence-electron chi connectivity index (χ2n) is 7.24. The zero-order valence-corrected chi connectivity index (χ0v) is 22.8. The molecule has 0 aliphatic heterocycles. The number of hydrogen-bond acceptors (Lipinski definition) is 6. The van der Waals surface area contributed by atoms with Gasteiger partial charge in [0.25, 0.3) is 0 Å². The van der Waals surface area contributed by atoms with Crippen LogP contribution in [0.2, 0.25) is 0 Å². The minimum absolute atomic E-state index is 0. The van der Waals surface area contributed by atoms with Crippen molar-refractivity contribution < 1.29 is 9.90 Å². The largest absolute Gasteiger partial charge is 0.477 e. The van der Waals surface area contributed by atoms with Gasteiger partial charge in [-0.25, -0.2) is 9.78 Å². The molecular formula is C23H18Br2N2O2S3. The lowest BCUT2D eigenvalue weighted by Gasteiger charge is -2.06. The number of fused-ring (bicyclic) bond motifs is 3. The summed E-state index contributed by atoms with van der Waals surface area (Å²) in [5.41, 5.74) is 8.75. The number of aromatic carboxylic acids is 1. The van der Waals surface area contributed by atoms with Crippen LogP contribution in [0, 0.1) is 6.92 Å². The third kappa shape index (κ3) is 4.17. The maximum Gasteiger partial charge on any atom is 0.346 e. The molecule has 0 fully saturated rings. The van der Waals surface area contributed by atoms with E-state index in [1.807, 2.05) is 18.6 Å². The van der Waals surface area contributed by atoms with Crippen molar-refractivity contribution in [3.05, 3.63) is 67.8 Å². The normalized spacial score (nSPS) is 11.6. The SMILES string of the molecule is Br.CSc1sc(C(=O)O)c(C)c1-c1csc(Nc2ccc3c(c2)Cc2cc(Br)ccc2-3)n1. The van der Waals surface area contributed by atoms with Crippen LogP contribution in [-0.4, -0.2) is 22.3 Å². The van der Waals surface area contributed by atoms with E-state index in [0.29, 0.717) is 4.88 Å². The van der Waals surface area contributed by atoms with E-state index in [2.05, 4.69) is 57.6 Å². The Bertz CT molecular complexity index is 1350. The zero-order chi connectivity index (χ0) is 21.7. The van der Waals surface area contributed by atoms with Crippen molar-refractivity contribution in [2.75, 3.05) is 11.6 Å². The maximum absolute atomic E-state index is 11.5. The number of carbonyl (C=O) groups is 1. The highest BCUT2D eigenvalue weighted by Gasteiger charge is 2.22. The highest BCUT2D eigenvalue weighted by atomic mass is 79.9. The van der Waals surface area contributed by atoms with Gasteiger partial charge >= 0.3 is 5.97 Å². The summed E-state index contributed by atoms with van der Waals surface area (Å²) < 4.78 is 2.08. The molecule has 2 heterocycles. The van der Waals surface area contributed by atoms with Gasteiger partial charge in [-0.2, -0.15) is 0 Å². The number of thiophene rings is 1. The second kappa shape index (κ2) is 9.30. The average Bonchev–Trinajstić information content (AvgIpc) is 3.42. The molecule has 0 spiro atoms. The quantitative estimate of drug-likeness (QED) is 0.196. The van der Waals surface area contributed by atoms with Crippen LogP contribution >= 0.6 is 67.3 Å². The number of hydrogen-bond donors (Lipinski definition) is 2. The zero-order valence-electron chi connectivity index (χ0n) is 17.1. The van der Waals surface area contributed by atoms with Gasteiger partial charge in [-0.05, 0) is 71.7 Å². The molecule has 0 radical (unpaired) electrons. The predicted octanol–water partition coefficient (Wildman–Crippen LogP) is 8.26. The van der Waals surface area contributed by atoms with Crippen LogP contribution in [0.1, 0.15) is 26.4 Å². The molecule has 4 aromatic rings. The molecule has 32 heavy (non-hydrogen) atoms. The van der Waals surface area contributed by atoms with Gasteiger partial charge in [0, 0.05) is 21.1 Å². The lowest BCUT2D eigenvalue weighted by Crippen LogP contribution is -1.95. The second-order valence-corrected chi connectivity index (χ2v) is 11.1. The lowest BCUT2D eigenvalue weighted by molar-refractivity contribution is 0.0701. The molecule has 0 amide bonds. The number of rotatable bonds is 5. The van der Waals surface area contributed by atoms with Crippen molar-refractivity contribution >= 4 is 84.1 Å². The summed E-state index contributed by atoms with van der Waals surface area (Å²) >= 11 is 7.96. The molecule has 164 valence electrons. The van der Waals surface area contributed by atoms with Gasteiger partial charge in [0.05, 0.1) is 9.90 Å². The summed E-state index contributed by atoms with van der Waals surface area (Å²) in [6, 6.07) is 12.9. The van der Waals surface area contributed by atoms with Crippen LogP contribution in [0.25, 0.3) is 22.4 Å². The Kier molecular flexibility index (Phi) is 6.84. The molecule has 0 saturated heterocycles. The summed E-state index contributed by atoms with van der Waals surface area (Å²) in [5.74, 6) is -0.885. The summed E-state index contributed by atoms with van der Waals surface area (Å²) in [5, 5.41) is 15.7. The van der Waals surface area contributed by atoms with Gasteiger partial charge in [-0.3, -0.25) is 0 Å². The van der Waals surface area contributed by atoms with Crippen molar-refractivity contribution in [1.29, 1.82) is 0 Å². The Balaban J connectivity index is 0.00000245. The summed E-state index contributed by atoms with van der Waals surface area (Å²) in [6.07, 6.45) is 2.89. The molecule has 0 atom stereocenters. The van der Waals surface area contributed by atoms with Crippen LogP contribution in [0.3, 0.4) is 0 Å². The monoisotopic (exact) mass is 608 g/mol. The fraction of sp³-hybridized carbons (Fsp3) is 0.130. The summed E-state index contributed by atoms with van der Waals surface area (Å²) in [4.78, 5) is 16.7. The molecule has 2 N–H and O–H groups in total. The van der Waals surface area contributed by atoms with E-state index in [9.17, 15) is 9.90 Å². The van der Waals surface area contributed by atoms with E-state index < -0.39 is 5.97 Å². The number of thioether (sulfide) groups is 1. The number of nitrogens with one attached hydrogen (secondary N) is 1. The van der Waals surface area contributed by atoms with Gasteiger partial charge < -0.3 is 10.4 Å². The molecule has 1 aliphatic carbocycles. The number of anilines is 2. The Hall–Kier alpha value is -1.65. The van der Waals surface area contributed by atoms with Crippen LogP contribution in [-0.2, 0) is 6.42 Å². The Morgan fingerprint density at radius 1 is 1.19 bits per heavy atom. The van der Waals surface area contributed by atoms with E-state index in [0.717, 1.165) is 42.7 Å². The average molecular weight is 610 g/mol. The molecule has 1 aliphatic rings. The van der Waals surface area contributed by atoms with Crippen LogP contribution in [0.15, 0.2) is 50.5 Å². The maximum atomic E-state index is 11.5. The molecular weight excluding hydrogens is 592 g/mol. The third-order valence-corrected chi connectivity index (χ3v) is 9.00. The Morgan fingerprint density at radius 2 is 1.91 bits per heavy atom. The summed E-state index contributed by atoms with van der Waals surface area (Å²) in [7, 11) is 0. The third-order valence-electron chi connectivity index (χ3n) is 5.35. The van der Waals surface area contributed by atoms with Gasteiger partial charge in [-0.1, -0.05) is 28.1 Å². The molecule has 2 aromatic carbocycles. The topological polar surface area (TPSA) is 62.2 Å². The van der Waals surface area contributed by atoms with Crippen molar-refractivity contribution in [2.45, 2.75) is 17.6 Å². The number of thiazole rings is 1. The van der Waals surface area contributed by atoms with E-state index in [1.54, 1.807) is 11.8 Å². The molecule has 9 heteroatoms. The summed E-state index contributed by atoms with van der Waals surface area (Å²) in [6.45, 7) is 1.86. The van der Waals surface area contributed by atoms with Crippen LogP contribution in [0.5, 0.6) is 0 Å². The molecule has 0 saturated carbocycles. The van der Waals surface area contributed by atoms with Gasteiger partial charge in [-0.15, -0.1) is 51.4 Å². The van der Waals surface area contributed by atoms with Crippen molar-refractivity contribution in [2.24, 2.45) is 0 Å². The number of halogens is 2.